The lowest BCUT2D eigenvalue weighted by molar-refractivity contribution is 0.309. The Morgan fingerprint density at radius 1 is 1.22 bits per heavy atom. The van der Waals surface area contributed by atoms with Crippen molar-refractivity contribution in [3.8, 4) is 0 Å². The molecule has 0 amide bonds. The first-order chi connectivity index (χ1) is 8.24. The molecule has 1 N–H and O–H groups in total. The molecule has 0 heterocycles. The highest BCUT2D eigenvalue weighted by molar-refractivity contribution is 5.34. The third-order valence-electron chi connectivity index (χ3n) is 3.10. The molecule has 0 bridgehead atoms. The Labute approximate surface area is 111 Å². The summed E-state index contributed by atoms with van der Waals surface area (Å²) in [7, 11) is 0. The Balaban J connectivity index is 3.13. The third-order valence-corrected chi connectivity index (χ3v) is 3.10. The van der Waals surface area contributed by atoms with Crippen LogP contribution in [0.3, 0.4) is 0 Å². The van der Waals surface area contributed by atoms with Crippen LogP contribution in [-0.2, 0) is 0 Å². The molecule has 0 aliphatic carbocycles. The molecule has 0 fully saturated rings. The van der Waals surface area contributed by atoms with Crippen molar-refractivity contribution >= 4 is 0 Å². The second-order valence-electron chi connectivity index (χ2n) is 6.35. The summed E-state index contributed by atoms with van der Waals surface area (Å²) in [4.78, 5) is 0. The van der Waals surface area contributed by atoms with Crippen molar-refractivity contribution in [3.63, 3.8) is 0 Å². The Morgan fingerprint density at radius 3 is 2.28 bits per heavy atom. The molecule has 0 saturated carbocycles. The molecule has 1 unspecified atom stereocenters. The molecule has 0 radical (unpaired) electrons. The Morgan fingerprint density at radius 2 is 1.83 bits per heavy atom. The topological polar surface area (TPSA) is 12.0 Å². The molecule has 0 aliphatic heterocycles. The van der Waals surface area contributed by atoms with Crippen molar-refractivity contribution in [1.82, 2.24) is 5.32 Å². The van der Waals surface area contributed by atoms with Crippen LogP contribution in [0.15, 0.2) is 12.1 Å². The second-order valence-corrected chi connectivity index (χ2v) is 6.35. The van der Waals surface area contributed by atoms with Gasteiger partial charge in [0.15, 0.2) is 0 Å². The third kappa shape index (κ3) is 4.09. The van der Waals surface area contributed by atoms with Crippen LogP contribution in [0.1, 0.15) is 56.8 Å². The predicted molar refractivity (Wildman–Crippen MR) is 76.4 cm³/mol. The van der Waals surface area contributed by atoms with E-state index in [-0.39, 0.29) is 17.3 Å². The first-order valence-electron chi connectivity index (χ1n) is 6.74. The fourth-order valence-electron chi connectivity index (χ4n) is 2.50. The SMILES string of the molecule is CCNC(CC(C)(C)C)c1c(C)cc(C)cc1F. The van der Waals surface area contributed by atoms with Crippen molar-refractivity contribution in [3.05, 3.63) is 34.6 Å². The predicted octanol–water partition coefficient (Wildman–Crippen LogP) is 4.53. The molecule has 1 nitrogen and oxygen atoms in total. The summed E-state index contributed by atoms with van der Waals surface area (Å²) in [6.07, 6.45) is 0.932. The number of benzene rings is 1. The number of halogens is 1. The molecule has 1 aromatic carbocycles. The number of nitrogens with one attached hydrogen (secondary N) is 1. The molecular formula is C16H26FN. The first-order valence-corrected chi connectivity index (χ1v) is 6.74. The minimum absolute atomic E-state index is 0.0808. The number of hydrogen-bond donors (Lipinski definition) is 1. The number of hydrogen-bond acceptors (Lipinski definition) is 1. The lowest BCUT2D eigenvalue weighted by Crippen LogP contribution is -2.27. The molecule has 1 rings (SSSR count). The lowest BCUT2D eigenvalue weighted by atomic mass is 9.84. The van der Waals surface area contributed by atoms with Gasteiger partial charge in [0.2, 0.25) is 0 Å². The molecule has 1 atom stereocenters. The van der Waals surface area contributed by atoms with Crippen LogP contribution in [-0.4, -0.2) is 6.54 Å². The van der Waals surface area contributed by atoms with Gasteiger partial charge in [-0.05, 0) is 49.4 Å². The average Bonchev–Trinajstić information content (AvgIpc) is 2.13. The minimum atomic E-state index is -0.0808. The van der Waals surface area contributed by atoms with Crippen molar-refractivity contribution in [1.29, 1.82) is 0 Å². The van der Waals surface area contributed by atoms with E-state index < -0.39 is 0 Å². The van der Waals surface area contributed by atoms with Crippen LogP contribution in [0.5, 0.6) is 0 Å². The van der Waals surface area contributed by atoms with Crippen molar-refractivity contribution in [2.24, 2.45) is 5.41 Å². The molecule has 102 valence electrons. The van der Waals surface area contributed by atoms with E-state index in [9.17, 15) is 4.39 Å². The zero-order chi connectivity index (χ0) is 13.9. The van der Waals surface area contributed by atoms with E-state index in [1.54, 1.807) is 6.07 Å². The van der Waals surface area contributed by atoms with Crippen LogP contribution >= 0.6 is 0 Å². The van der Waals surface area contributed by atoms with Gasteiger partial charge < -0.3 is 5.32 Å². The van der Waals surface area contributed by atoms with Gasteiger partial charge in [0.25, 0.3) is 0 Å². The fraction of sp³-hybridized carbons (Fsp3) is 0.625. The van der Waals surface area contributed by atoms with Crippen LogP contribution in [0, 0.1) is 25.1 Å². The summed E-state index contributed by atoms with van der Waals surface area (Å²) in [6.45, 7) is 13.4. The highest BCUT2D eigenvalue weighted by Crippen LogP contribution is 2.32. The highest BCUT2D eigenvalue weighted by Gasteiger charge is 2.23. The van der Waals surface area contributed by atoms with Gasteiger partial charge in [-0.2, -0.15) is 0 Å². The van der Waals surface area contributed by atoms with E-state index in [2.05, 4.69) is 39.1 Å². The monoisotopic (exact) mass is 251 g/mol. The molecule has 0 spiro atoms. The van der Waals surface area contributed by atoms with E-state index in [1.807, 2.05) is 13.8 Å². The zero-order valence-electron chi connectivity index (χ0n) is 12.5. The van der Waals surface area contributed by atoms with Gasteiger partial charge >= 0.3 is 0 Å². The van der Waals surface area contributed by atoms with Crippen LogP contribution < -0.4 is 5.32 Å². The Hall–Kier alpha value is -0.890. The molecular weight excluding hydrogens is 225 g/mol. The molecule has 0 aromatic heterocycles. The molecule has 2 heteroatoms. The first kappa shape index (κ1) is 15.2. The van der Waals surface area contributed by atoms with Gasteiger partial charge in [-0.15, -0.1) is 0 Å². The lowest BCUT2D eigenvalue weighted by Gasteiger charge is -2.28. The van der Waals surface area contributed by atoms with Gasteiger partial charge in [0.1, 0.15) is 5.82 Å². The Kier molecular flexibility index (Phi) is 4.92. The summed E-state index contributed by atoms with van der Waals surface area (Å²) < 4.78 is 14.2. The summed E-state index contributed by atoms with van der Waals surface area (Å²) >= 11 is 0. The van der Waals surface area contributed by atoms with E-state index in [1.165, 1.54) is 0 Å². The van der Waals surface area contributed by atoms with E-state index in [4.69, 9.17) is 0 Å². The van der Waals surface area contributed by atoms with Crippen LogP contribution in [0.4, 0.5) is 4.39 Å². The summed E-state index contributed by atoms with van der Waals surface area (Å²) in [5.74, 6) is -0.0808. The van der Waals surface area contributed by atoms with Gasteiger partial charge in [0, 0.05) is 11.6 Å². The maximum Gasteiger partial charge on any atom is 0.128 e. The standard InChI is InChI=1S/C16H26FN/c1-7-18-14(10-16(4,5)6)15-12(3)8-11(2)9-13(15)17/h8-9,14,18H,7,10H2,1-6H3. The number of aryl methyl sites for hydroxylation is 2. The van der Waals surface area contributed by atoms with E-state index in [0.29, 0.717) is 0 Å². The largest absolute Gasteiger partial charge is 0.310 e. The summed E-state index contributed by atoms with van der Waals surface area (Å²) in [6, 6.07) is 3.79. The van der Waals surface area contributed by atoms with Crippen molar-refractivity contribution < 1.29 is 4.39 Å². The fourth-order valence-corrected chi connectivity index (χ4v) is 2.50. The number of rotatable bonds is 4. The van der Waals surface area contributed by atoms with Crippen molar-refractivity contribution in [2.45, 2.75) is 54.0 Å². The quantitative estimate of drug-likeness (QED) is 0.829. The van der Waals surface area contributed by atoms with Gasteiger partial charge in [-0.25, -0.2) is 4.39 Å². The Bertz CT molecular complexity index is 381. The van der Waals surface area contributed by atoms with Crippen LogP contribution in [0.2, 0.25) is 0 Å². The van der Waals surface area contributed by atoms with Crippen LogP contribution in [0.25, 0.3) is 0 Å². The molecule has 18 heavy (non-hydrogen) atoms. The maximum atomic E-state index is 14.2. The maximum absolute atomic E-state index is 14.2. The van der Waals surface area contributed by atoms with Gasteiger partial charge in [-0.1, -0.05) is 33.8 Å². The highest BCUT2D eigenvalue weighted by atomic mass is 19.1. The van der Waals surface area contributed by atoms with E-state index in [0.717, 1.165) is 29.7 Å². The minimum Gasteiger partial charge on any atom is -0.310 e. The normalized spacial score (nSPS) is 13.7. The van der Waals surface area contributed by atoms with E-state index >= 15 is 0 Å². The average molecular weight is 251 g/mol. The molecule has 1 aromatic rings. The molecule has 0 saturated heterocycles. The zero-order valence-corrected chi connectivity index (χ0v) is 12.5. The smallest absolute Gasteiger partial charge is 0.128 e. The van der Waals surface area contributed by atoms with Crippen molar-refractivity contribution in [2.75, 3.05) is 6.54 Å². The summed E-state index contributed by atoms with van der Waals surface area (Å²) in [5, 5.41) is 3.42. The van der Waals surface area contributed by atoms with Gasteiger partial charge in [0.05, 0.1) is 0 Å². The second kappa shape index (κ2) is 5.83. The summed E-state index contributed by atoms with van der Waals surface area (Å²) in [5.41, 5.74) is 3.04. The van der Waals surface area contributed by atoms with Gasteiger partial charge in [-0.3, -0.25) is 0 Å². The molecule has 0 aliphatic rings.